The SMILES string of the molecule is CC(C)Oc1ccc2c(c1)c(=O)cc(C(=O)O)n2C(C)C. The Morgan fingerprint density at radius 2 is 1.86 bits per heavy atom. The number of carbonyl (C=O) groups is 1. The van der Waals surface area contributed by atoms with Crippen molar-refractivity contribution in [1.82, 2.24) is 4.57 Å². The van der Waals surface area contributed by atoms with Gasteiger partial charge < -0.3 is 14.4 Å². The first kappa shape index (κ1) is 15.1. The monoisotopic (exact) mass is 289 g/mol. The summed E-state index contributed by atoms with van der Waals surface area (Å²) < 4.78 is 7.24. The average Bonchev–Trinajstić information content (AvgIpc) is 2.37. The molecule has 1 heterocycles. The molecular weight excluding hydrogens is 270 g/mol. The molecule has 0 aliphatic heterocycles. The zero-order valence-electron chi connectivity index (χ0n) is 12.6. The van der Waals surface area contributed by atoms with Crippen LogP contribution in [-0.4, -0.2) is 21.7 Å². The molecule has 5 heteroatoms. The number of rotatable bonds is 4. The normalized spacial score (nSPS) is 11.3. The van der Waals surface area contributed by atoms with Crippen LogP contribution < -0.4 is 10.2 Å². The molecule has 2 rings (SSSR count). The molecule has 1 aromatic carbocycles. The van der Waals surface area contributed by atoms with Crippen LogP contribution in [0.5, 0.6) is 5.75 Å². The number of carboxylic acids is 1. The van der Waals surface area contributed by atoms with Gasteiger partial charge in [-0.05, 0) is 45.9 Å². The summed E-state index contributed by atoms with van der Waals surface area (Å²) in [6, 6.07) is 6.26. The van der Waals surface area contributed by atoms with Crippen LogP contribution in [0.15, 0.2) is 29.1 Å². The summed E-state index contributed by atoms with van der Waals surface area (Å²) >= 11 is 0. The van der Waals surface area contributed by atoms with Crippen molar-refractivity contribution in [2.75, 3.05) is 0 Å². The standard InChI is InChI=1S/C16H19NO4/c1-9(2)17-13-6-5-11(21-10(3)4)7-12(13)15(18)8-14(17)16(19)20/h5-10H,1-4H3,(H,19,20). The second-order valence-corrected chi connectivity index (χ2v) is 5.51. The Morgan fingerprint density at radius 1 is 1.19 bits per heavy atom. The summed E-state index contributed by atoms with van der Waals surface area (Å²) in [5.41, 5.74) is 0.291. The summed E-state index contributed by atoms with van der Waals surface area (Å²) in [5, 5.41) is 9.75. The van der Waals surface area contributed by atoms with Gasteiger partial charge in [0.05, 0.1) is 11.6 Å². The Labute approximate surface area is 122 Å². The van der Waals surface area contributed by atoms with E-state index < -0.39 is 5.97 Å². The van der Waals surface area contributed by atoms with E-state index in [4.69, 9.17) is 4.74 Å². The van der Waals surface area contributed by atoms with E-state index in [0.717, 1.165) is 0 Å². The molecule has 1 N–H and O–H groups in total. The van der Waals surface area contributed by atoms with Crippen molar-refractivity contribution in [2.24, 2.45) is 0 Å². The van der Waals surface area contributed by atoms with E-state index in [2.05, 4.69) is 0 Å². The van der Waals surface area contributed by atoms with E-state index >= 15 is 0 Å². The van der Waals surface area contributed by atoms with Crippen LogP contribution >= 0.6 is 0 Å². The second-order valence-electron chi connectivity index (χ2n) is 5.51. The smallest absolute Gasteiger partial charge is 0.352 e. The third-order valence-corrected chi connectivity index (χ3v) is 3.13. The highest BCUT2D eigenvalue weighted by Gasteiger charge is 2.17. The van der Waals surface area contributed by atoms with E-state index in [1.807, 2.05) is 27.7 Å². The van der Waals surface area contributed by atoms with Crippen LogP contribution in [0.2, 0.25) is 0 Å². The minimum atomic E-state index is -1.11. The Bertz CT molecular complexity index is 744. The predicted molar refractivity (Wildman–Crippen MR) is 81.3 cm³/mol. The van der Waals surface area contributed by atoms with Gasteiger partial charge in [-0.1, -0.05) is 0 Å². The van der Waals surface area contributed by atoms with Crippen molar-refractivity contribution in [3.63, 3.8) is 0 Å². The first-order valence-electron chi connectivity index (χ1n) is 6.90. The fourth-order valence-corrected chi connectivity index (χ4v) is 2.39. The maximum Gasteiger partial charge on any atom is 0.352 e. The van der Waals surface area contributed by atoms with Crippen molar-refractivity contribution < 1.29 is 14.6 Å². The van der Waals surface area contributed by atoms with Crippen molar-refractivity contribution >= 4 is 16.9 Å². The number of ether oxygens (including phenoxy) is 1. The van der Waals surface area contributed by atoms with Crippen LogP contribution in [0, 0.1) is 0 Å². The first-order chi connectivity index (χ1) is 9.81. The van der Waals surface area contributed by atoms with E-state index in [-0.39, 0.29) is 23.3 Å². The molecule has 0 saturated heterocycles. The van der Waals surface area contributed by atoms with Gasteiger partial charge in [0, 0.05) is 17.5 Å². The van der Waals surface area contributed by atoms with Gasteiger partial charge in [0.2, 0.25) is 0 Å². The van der Waals surface area contributed by atoms with Gasteiger partial charge >= 0.3 is 5.97 Å². The molecule has 0 bridgehead atoms. The van der Waals surface area contributed by atoms with Gasteiger partial charge in [-0.2, -0.15) is 0 Å². The zero-order valence-corrected chi connectivity index (χ0v) is 12.6. The van der Waals surface area contributed by atoms with E-state index in [1.165, 1.54) is 6.07 Å². The van der Waals surface area contributed by atoms with Gasteiger partial charge in [-0.3, -0.25) is 4.79 Å². The fourth-order valence-electron chi connectivity index (χ4n) is 2.39. The van der Waals surface area contributed by atoms with Crippen LogP contribution in [-0.2, 0) is 0 Å². The number of aromatic carboxylic acids is 1. The molecule has 0 unspecified atom stereocenters. The fraction of sp³-hybridized carbons (Fsp3) is 0.375. The first-order valence-corrected chi connectivity index (χ1v) is 6.90. The van der Waals surface area contributed by atoms with E-state index in [9.17, 15) is 14.7 Å². The molecular formula is C16H19NO4. The lowest BCUT2D eigenvalue weighted by Crippen LogP contribution is -2.19. The number of fused-ring (bicyclic) bond motifs is 1. The van der Waals surface area contributed by atoms with Crippen LogP contribution in [0.3, 0.4) is 0 Å². The molecule has 21 heavy (non-hydrogen) atoms. The molecule has 0 aliphatic carbocycles. The largest absolute Gasteiger partial charge is 0.491 e. The maximum atomic E-state index is 12.2. The lowest BCUT2D eigenvalue weighted by atomic mass is 10.1. The van der Waals surface area contributed by atoms with Crippen LogP contribution in [0.4, 0.5) is 0 Å². The summed E-state index contributed by atoms with van der Waals surface area (Å²) in [6.07, 6.45) is 0.00747. The third-order valence-electron chi connectivity index (χ3n) is 3.13. The maximum absolute atomic E-state index is 12.2. The van der Waals surface area contributed by atoms with E-state index in [0.29, 0.717) is 16.7 Å². The van der Waals surface area contributed by atoms with Crippen molar-refractivity contribution in [1.29, 1.82) is 0 Å². The van der Waals surface area contributed by atoms with Crippen molar-refractivity contribution in [3.05, 3.63) is 40.2 Å². The predicted octanol–water partition coefficient (Wildman–Crippen LogP) is 3.07. The minimum Gasteiger partial charge on any atom is -0.491 e. The molecule has 0 spiro atoms. The molecule has 0 aliphatic rings. The third kappa shape index (κ3) is 2.91. The number of carboxylic acid groups (broad SMARTS) is 1. The van der Waals surface area contributed by atoms with Gasteiger partial charge in [0.15, 0.2) is 5.43 Å². The van der Waals surface area contributed by atoms with Gasteiger partial charge in [-0.15, -0.1) is 0 Å². The number of aromatic nitrogens is 1. The molecule has 0 amide bonds. The summed E-state index contributed by atoms with van der Waals surface area (Å²) in [7, 11) is 0. The number of nitrogens with zero attached hydrogens (tertiary/aromatic N) is 1. The summed E-state index contributed by atoms with van der Waals surface area (Å²) in [4.78, 5) is 23.5. The Kier molecular flexibility index (Phi) is 4.02. The molecule has 0 atom stereocenters. The Hall–Kier alpha value is -2.30. The average molecular weight is 289 g/mol. The highest BCUT2D eigenvalue weighted by atomic mass is 16.5. The highest BCUT2D eigenvalue weighted by molar-refractivity contribution is 5.91. The van der Waals surface area contributed by atoms with Crippen LogP contribution in [0.1, 0.15) is 44.2 Å². The molecule has 112 valence electrons. The Balaban J connectivity index is 2.77. The zero-order chi connectivity index (χ0) is 15.7. The quantitative estimate of drug-likeness (QED) is 0.939. The molecule has 0 saturated carbocycles. The summed E-state index contributed by atoms with van der Waals surface area (Å²) in [5.74, 6) is -0.502. The van der Waals surface area contributed by atoms with Crippen molar-refractivity contribution in [3.8, 4) is 5.75 Å². The van der Waals surface area contributed by atoms with Gasteiger partial charge in [0.1, 0.15) is 11.4 Å². The number of benzene rings is 1. The minimum absolute atomic E-state index is 0.0000259. The lowest BCUT2D eigenvalue weighted by Gasteiger charge is -2.19. The van der Waals surface area contributed by atoms with E-state index in [1.54, 1.807) is 22.8 Å². The highest BCUT2D eigenvalue weighted by Crippen LogP contribution is 2.23. The molecule has 5 nitrogen and oxygen atoms in total. The number of hydrogen-bond donors (Lipinski definition) is 1. The van der Waals surface area contributed by atoms with Crippen molar-refractivity contribution in [2.45, 2.75) is 39.8 Å². The Morgan fingerprint density at radius 3 is 2.38 bits per heavy atom. The number of hydrogen-bond acceptors (Lipinski definition) is 3. The number of pyridine rings is 1. The molecule has 0 radical (unpaired) electrons. The van der Waals surface area contributed by atoms with Gasteiger partial charge in [-0.25, -0.2) is 4.79 Å². The summed E-state index contributed by atoms with van der Waals surface area (Å²) in [6.45, 7) is 7.58. The van der Waals surface area contributed by atoms with Crippen LogP contribution in [0.25, 0.3) is 10.9 Å². The molecule has 0 fully saturated rings. The topological polar surface area (TPSA) is 68.5 Å². The lowest BCUT2D eigenvalue weighted by molar-refractivity contribution is 0.0683. The second kappa shape index (κ2) is 5.60. The molecule has 2 aromatic rings. The van der Waals surface area contributed by atoms with Gasteiger partial charge in [0.25, 0.3) is 0 Å². The molecule has 1 aromatic heterocycles.